The van der Waals surface area contributed by atoms with Crippen LogP contribution in [-0.2, 0) is 18.2 Å². The van der Waals surface area contributed by atoms with Gasteiger partial charge in [-0.2, -0.15) is 5.10 Å². The summed E-state index contributed by atoms with van der Waals surface area (Å²) in [6, 6.07) is 0. The fourth-order valence-electron chi connectivity index (χ4n) is 2.29. The summed E-state index contributed by atoms with van der Waals surface area (Å²) in [5, 5.41) is 7.10. The number of aryl methyl sites for hydroxylation is 1. The second-order valence-corrected chi connectivity index (χ2v) is 4.72. The summed E-state index contributed by atoms with van der Waals surface area (Å²) in [4.78, 5) is 12.1. The zero-order valence-electron chi connectivity index (χ0n) is 11.1. The molecule has 1 N–H and O–H groups in total. The number of nitrogens with one attached hydrogen (secondary N) is 1. The average molecular weight is 251 g/mol. The molecule has 100 valence electrons. The van der Waals surface area contributed by atoms with Crippen LogP contribution in [0.15, 0.2) is 6.20 Å². The quantitative estimate of drug-likeness (QED) is 0.857. The lowest BCUT2D eigenvalue weighted by atomic mass is 10.1. The molecule has 5 heteroatoms. The van der Waals surface area contributed by atoms with E-state index in [0.29, 0.717) is 12.1 Å². The Kier molecular flexibility index (Phi) is 4.36. The Morgan fingerprint density at radius 1 is 1.67 bits per heavy atom. The first kappa shape index (κ1) is 13.1. The minimum atomic E-state index is -0.0398. The number of nitrogens with zero attached hydrogens (tertiary/aromatic N) is 2. The van der Waals surface area contributed by atoms with Crippen LogP contribution in [0.5, 0.6) is 0 Å². The van der Waals surface area contributed by atoms with Gasteiger partial charge in [-0.3, -0.25) is 9.48 Å². The molecule has 1 aromatic heterocycles. The molecule has 1 aromatic rings. The minimum Gasteiger partial charge on any atom is -0.376 e. The van der Waals surface area contributed by atoms with Crippen molar-refractivity contribution in [3.8, 4) is 0 Å². The van der Waals surface area contributed by atoms with E-state index in [0.717, 1.165) is 38.0 Å². The summed E-state index contributed by atoms with van der Waals surface area (Å²) < 4.78 is 7.27. The van der Waals surface area contributed by atoms with Crippen molar-refractivity contribution in [1.29, 1.82) is 0 Å². The molecule has 0 saturated carbocycles. The van der Waals surface area contributed by atoms with E-state index in [2.05, 4.69) is 17.3 Å². The lowest BCUT2D eigenvalue weighted by Crippen LogP contribution is -2.32. The van der Waals surface area contributed by atoms with Gasteiger partial charge in [0.15, 0.2) is 0 Å². The Hall–Kier alpha value is -1.36. The van der Waals surface area contributed by atoms with Crippen molar-refractivity contribution in [1.82, 2.24) is 15.1 Å². The number of ether oxygens (including phenoxy) is 1. The molecule has 2 heterocycles. The van der Waals surface area contributed by atoms with Gasteiger partial charge in [0, 0.05) is 20.2 Å². The monoisotopic (exact) mass is 251 g/mol. The van der Waals surface area contributed by atoms with Crippen molar-refractivity contribution in [3.05, 3.63) is 17.5 Å². The molecule has 0 spiro atoms. The smallest absolute Gasteiger partial charge is 0.254 e. The molecular weight excluding hydrogens is 230 g/mol. The van der Waals surface area contributed by atoms with E-state index >= 15 is 0 Å². The van der Waals surface area contributed by atoms with Crippen LogP contribution in [0.3, 0.4) is 0 Å². The zero-order valence-corrected chi connectivity index (χ0v) is 11.1. The second kappa shape index (κ2) is 6.00. The van der Waals surface area contributed by atoms with Crippen LogP contribution in [0.25, 0.3) is 0 Å². The molecule has 0 unspecified atom stereocenters. The fraction of sp³-hybridized carbons (Fsp3) is 0.692. The Labute approximate surface area is 108 Å². The molecule has 0 aliphatic carbocycles. The first-order chi connectivity index (χ1) is 8.72. The second-order valence-electron chi connectivity index (χ2n) is 4.72. The molecule has 0 bridgehead atoms. The van der Waals surface area contributed by atoms with Crippen molar-refractivity contribution in [2.45, 2.75) is 38.7 Å². The third kappa shape index (κ3) is 2.90. The Morgan fingerprint density at radius 3 is 3.17 bits per heavy atom. The number of hydrogen-bond donors (Lipinski definition) is 1. The Balaban J connectivity index is 1.95. The highest BCUT2D eigenvalue weighted by molar-refractivity contribution is 5.95. The minimum absolute atomic E-state index is 0.0398. The summed E-state index contributed by atoms with van der Waals surface area (Å²) in [6.07, 6.45) is 5.84. The third-order valence-corrected chi connectivity index (χ3v) is 3.31. The van der Waals surface area contributed by atoms with Crippen LogP contribution in [-0.4, -0.2) is 34.9 Å². The third-order valence-electron chi connectivity index (χ3n) is 3.31. The van der Waals surface area contributed by atoms with Crippen LogP contribution in [0, 0.1) is 0 Å². The van der Waals surface area contributed by atoms with E-state index in [-0.39, 0.29) is 12.0 Å². The van der Waals surface area contributed by atoms with Crippen LogP contribution in [0.2, 0.25) is 0 Å². The van der Waals surface area contributed by atoms with E-state index in [1.165, 1.54) is 0 Å². The normalized spacial score (nSPS) is 19.1. The van der Waals surface area contributed by atoms with E-state index in [1.54, 1.807) is 10.9 Å². The summed E-state index contributed by atoms with van der Waals surface area (Å²) in [5.74, 6) is -0.0398. The predicted octanol–water partition coefficient (Wildman–Crippen LogP) is 1.28. The van der Waals surface area contributed by atoms with Crippen molar-refractivity contribution in [2.75, 3.05) is 13.2 Å². The van der Waals surface area contributed by atoms with Crippen LogP contribution in [0.4, 0.5) is 0 Å². The maximum absolute atomic E-state index is 12.1. The molecule has 5 nitrogen and oxygen atoms in total. The van der Waals surface area contributed by atoms with E-state index in [9.17, 15) is 4.79 Å². The highest BCUT2D eigenvalue weighted by atomic mass is 16.5. The van der Waals surface area contributed by atoms with Gasteiger partial charge >= 0.3 is 0 Å². The summed E-state index contributed by atoms with van der Waals surface area (Å²) in [7, 11) is 1.88. The molecular formula is C13H21N3O2. The van der Waals surface area contributed by atoms with E-state index < -0.39 is 0 Å². The SMILES string of the molecule is CCCc1c(C(=O)NC[C@@H]2CCCO2)cnn1C. The van der Waals surface area contributed by atoms with Gasteiger partial charge < -0.3 is 10.1 Å². The molecule has 1 fully saturated rings. The molecule has 18 heavy (non-hydrogen) atoms. The maximum Gasteiger partial charge on any atom is 0.254 e. The molecule has 1 aliphatic rings. The lowest BCUT2D eigenvalue weighted by molar-refractivity contribution is 0.0857. The van der Waals surface area contributed by atoms with Gasteiger partial charge in [-0.1, -0.05) is 13.3 Å². The first-order valence-electron chi connectivity index (χ1n) is 6.63. The number of carbonyl (C=O) groups is 1. The van der Waals surface area contributed by atoms with Crippen LogP contribution >= 0.6 is 0 Å². The van der Waals surface area contributed by atoms with Gasteiger partial charge in [0.1, 0.15) is 0 Å². The lowest BCUT2D eigenvalue weighted by Gasteiger charge is -2.11. The van der Waals surface area contributed by atoms with E-state index in [4.69, 9.17) is 4.74 Å². The number of amides is 1. The van der Waals surface area contributed by atoms with E-state index in [1.807, 2.05) is 7.05 Å². The fourth-order valence-corrected chi connectivity index (χ4v) is 2.29. The molecule has 1 amide bonds. The molecule has 1 atom stereocenters. The highest BCUT2D eigenvalue weighted by Gasteiger charge is 2.19. The summed E-state index contributed by atoms with van der Waals surface area (Å²) in [5.41, 5.74) is 1.69. The predicted molar refractivity (Wildman–Crippen MR) is 68.5 cm³/mol. The van der Waals surface area contributed by atoms with Crippen molar-refractivity contribution in [2.24, 2.45) is 7.05 Å². The first-order valence-corrected chi connectivity index (χ1v) is 6.63. The van der Waals surface area contributed by atoms with Gasteiger partial charge in [0.2, 0.25) is 0 Å². The highest BCUT2D eigenvalue weighted by Crippen LogP contribution is 2.12. The van der Waals surface area contributed by atoms with Crippen molar-refractivity contribution >= 4 is 5.91 Å². The number of aromatic nitrogens is 2. The Morgan fingerprint density at radius 2 is 2.50 bits per heavy atom. The Bertz CT molecular complexity index is 408. The van der Waals surface area contributed by atoms with Crippen LogP contribution in [0.1, 0.15) is 42.2 Å². The zero-order chi connectivity index (χ0) is 13.0. The topological polar surface area (TPSA) is 56.1 Å². The van der Waals surface area contributed by atoms with Crippen LogP contribution < -0.4 is 5.32 Å². The van der Waals surface area contributed by atoms with Gasteiger partial charge in [-0.25, -0.2) is 0 Å². The van der Waals surface area contributed by atoms with Gasteiger partial charge in [0.05, 0.1) is 23.6 Å². The van der Waals surface area contributed by atoms with Gasteiger partial charge in [0.25, 0.3) is 5.91 Å². The molecule has 1 saturated heterocycles. The van der Waals surface area contributed by atoms with Gasteiger partial charge in [-0.15, -0.1) is 0 Å². The number of carbonyl (C=O) groups excluding carboxylic acids is 1. The number of hydrogen-bond acceptors (Lipinski definition) is 3. The molecule has 0 radical (unpaired) electrons. The molecule has 1 aliphatic heterocycles. The van der Waals surface area contributed by atoms with Crippen molar-refractivity contribution in [3.63, 3.8) is 0 Å². The average Bonchev–Trinajstić information content (AvgIpc) is 2.98. The van der Waals surface area contributed by atoms with Crippen molar-refractivity contribution < 1.29 is 9.53 Å². The van der Waals surface area contributed by atoms with Gasteiger partial charge in [-0.05, 0) is 19.3 Å². The molecule has 2 rings (SSSR count). The largest absolute Gasteiger partial charge is 0.376 e. The summed E-state index contributed by atoms with van der Waals surface area (Å²) >= 11 is 0. The number of rotatable bonds is 5. The standard InChI is InChI=1S/C13H21N3O2/c1-3-5-12-11(9-15-16(12)2)13(17)14-8-10-6-4-7-18-10/h9-10H,3-8H2,1-2H3,(H,14,17)/t10-/m0/s1. The molecule has 0 aromatic carbocycles. The summed E-state index contributed by atoms with van der Waals surface area (Å²) in [6.45, 7) is 3.51. The maximum atomic E-state index is 12.1.